The molecule has 2 saturated heterocycles. The molecular weight excluding hydrogens is 564 g/mol. The molecule has 0 unspecified atom stereocenters. The first-order chi connectivity index (χ1) is 19.9. The van der Waals surface area contributed by atoms with Crippen LogP contribution in [0.2, 0.25) is 0 Å². The van der Waals surface area contributed by atoms with Gasteiger partial charge in [0.2, 0.25) is 12.1 Å². The van der Waals surface area contributed by atoms with Crippen LogP contribution in [0, 0.1) is 6.92 Å². The van der Waals surface area contributed by atoms with Gasteiger partial charge in [0, 0.05) is 17.2 Å². The second kappa shape index (κ2) is 11.5. The molecule has 0 bridgehead atoms. The summed E-state index contributed by atoms with van der Waals surface area (Å²) in [6.45, 7) is 0.00166. The van der Waals surface area contributed by atoms with E-state index in [0.29, 0.717) is 5.56 Å². The van der Waals surface area contributed by atoms with Gasteiger partial charge < -0.3 is 64.9 Å². The number of aryl methyl sites for hydroxylation is 1. The number of benzene rings is 2. The fourth-order valence-corrected chi connectivity index (χ4v) is 5.32. The highest BCUT2D eigenvalue weighted by molar-refractivity contribution is 6.30. The van der Waals surface area contributed by atoms with Crippen molar-refractivity contribution in [3.05, 3.63) is 52.1 Å². The van der Waals surface area contributed by atoms with E-state index in [-0.39, 0.29) is 22.3 Å². The molecule has 10 atom stereocenters. The van der Waals surface area contributed by atoms with Crippen molar-refractivity contribution in [2.45, 2.75) is 68.3 Å². The number of hydrogen-bond donors (Lipinski definition) is 9. The lowest BCUT2D eigenvalue weighted by Gasteiger charge is -2.45. The van der Waals surface area contributed by atoms with Crippen LogP contribution in [-0.2, 0) is 14.2 Å². The first kappa shape index (κ1) is 30.2. The van der Waals surface area contributed by atoms with Crippen molar-refractivity contribution in [2.75, 3.05) is 13.2 Å². The molecule has 2 aliphatic heterocycles. The first-order valence-corrected chi connectivity index (χ1v) is 12.9. The van der Waals surface area contributed by atoms with Crippen LogP contribution in [0.5, 0.6) is 17.2 Å². The number of carbonyl (C=O) groups excluding carboxylic acids is 2. The summed E-state index contributed by atoms with van der Waals surface area (Å²) in [7, 11) is 0. The van der Waals surface area contributed by atoms with Crippen LogP contribution in [0.4, 0.5) is 0 Å². The number of aliphatic hydroxyl groups excluding tert-OH is 7. The predicted octanol–water partition coefficient (Wildman–Crippen LogP) is -2.82. The maximum Gasteiger partial charge on any atom is 0.229 e. The number of ketones is 2. The summed E-state index contributed by atoms with van der Waals surface area (Å²) >= 11 is 0. The Morgan fingerprint density at radius 3 is 1.95 bits per heavy atom. The van der Waals surface area contributed by atoms with Crippen molar-refractivity contribution < 1.29 is 74.5 Å². The lowest BCUT2D eigenvalue weighted by molar-refractivity contribution is -0.357. The van der Waals surface area contributed by atoms with Gasteiger partial charge in [-0.05, 0) is 30.7 Å². The van der Waals surface area contributed by atoms with Gasteiger partial charge in [-0.3, -0.25) is 9.59 Å². The van der Waals surface area contributed by atoms with Crippen LogP contribution >= 0.6 is 0 Å². The third kappa shape index (κ3) is 5.03. The molecule has 9 N–H and O–H groups in total. The Balaban J connectivity index is 1.53. The minimum absolute atomic E-state index is 0.0989. The van der Waals surface area contributed by atoms with E-state index in [2.05, 4.69) is 0 Å². The van der Waals surface area contributed by atoms with Gasteiger partial charge in [0.1, 0.15) is 60.0 Å². The Morgan fingerprint density at radius 1 is 0.714 bits per heavy atom. The standard InChI is InChI=1S/C27H30O15/c1-8-2-10-16(12(31)3-8)21(35)17-11(18(10)32)4-9(30)5-13(17)39-27-25(23(37)20(34)15(7-29)41-27)42-26-24(38)22(36)19(33)14(6-28)40-26/h2-5,14-15,19-20,22-31,33-34,36-38H,6-7H2,1H3/t14-,15-,19-,20-,22+,23+,24-,25-,26+,27-/m1/s1. The molecule has 228 valence electrons. The highest BCUT2D eigenvalue weighted by Crippen LogP contribution is 2.41. The zero-order valence-corrected chi connectivity index (χ0v) is 22.0. The first-order valence-electron chi connectivity index (χ1n) is 12.9. The fourth-order valence-electron chi connectivity index (χ4n) is 5.32. The molecule has 0 spiro atoms. The SMILES string of the molecule is Cc1cc(O)c2c(c1)C(=O)c1cc(O)cc(O[C@@H]3O[C@H](CO)[C@@H](O)[C@H](O)[C@H]3O[C@@H]3O[C@H](CO)[C@@H](O)[C@H](O)[C@H]3O)c1C2=O. The Labute approximate surface area is 237 Å². The van der Waals surface area contributed by atoms with E-state index >= 15 is 0 Å². The molecule has 15 heteroatoms. The molecule has 42 heavy (non-hydrogen) atoms. The summed E-state index contributed by atoms with van der Waals surface area (Å²) in [5, 5.41) is 92.1. The Morgan fingerprint density at radius 2 is 1.31 bits per heavy atom. The van der Waals surface area contributed by atoms with Crippen molar-refractivity contribution in [3.8, 4) is 17.2 Å². The number of fused-ring (bicyclic) bond motifs is 2. The third-order valence-electron chi connectivity index (χ3n) is 7.50. The number of phenols is 2. The fraction of sp³-hybridized carbons (Fsp3) is 0.481. The summed E-state index contributed by atoms with van der Waals surface area (Å²) in [4.78, 5) is 26.9. The predicted molar refractivity (Wildman–Crippen MR) is 135 cm³/mol. The van der Waals surface area contributed by atoms with Gasteiger partial charge in [0.05, 0.1) is 24.3 Å². The monoisotopic (exact) mass is 594 g/mol. The third-order valence-corrected chi connectivity index (χ3v) is 7.50. The van der Waals surface area contributed by atoms with E-state index in [1.165, 1.54) is 12.1 Å². The Bertz CT molecular complexity index is 1380. The molecule has 0 radical (unpaired) electrons. The van der Waals surface area contributed by atoms with Crippen molar-refractivity contribution in [1.29, 1.82) is 0 Å². The van der Waals surface area contributed by atoms with E-state index in [1.807, 2.05) is 0 Å². The van der Waals surface area contributed by atoms with E-state index in [9.17, 15) is 55.5 Å². The Kier molecular flexibility index (Phi) is 8.25. The average Bonchev–Trinajstić information content (AvgIpc) is 2.94. The summed E-state index contributed by atoms with van der Waals surface area (Å²) < 4.78 is 22.3. The average molecular weight is 595 g/mol. The minimum atomic E-state index is -1.92. The lowest BCUT2D eigenvalue weighted by atomic mass is 9.82. The number of aliphatic hydroxyl groups is 7. The quantitative estimate of drug-likeness (QED) is 0.140. The minimum Gasteiger partial charge on any atom is -0.508 e. The Hall–Kier alpha value is -3.22. The number of rotatable bonds is 6. The summed E-state index contributed by atoms with van der Waals surface area (Å²) in [5.41, 5.74) is -0.553. The number of aromatic hydroxyl groups is 2. The van der Waals surface area contributed by atoms with Gasteiger partial charge in [-0.1, -0.05) is 0 Å². The van der Waals surface area contributed by atoms with Crippen LogP contribution in [-0.4, -0.2) is 132 Å². The number of ether oxygens (including phenoxy) is 4. The summed E-state index contributed by atoms with van der Waals surface area (Å²) in [6.07, 6.45) is -17.5. The van der Waals surface area contributed by atoms with Crippen LogP contribution in [0.3, 0.4) is 0 Å². The van der Waals surface area contributed by atoms with E-state index in [0.717, 1.165) is 12.1 Å². The molecule has 0 aromatic heterocycles. The van der Waals surface area contributed by atoms with E-state index in [4.69, 9.17) is 18.9 Å². The second-order valence-electron chi connectivity index (χ2n) is 10.4. The molecule has 2 fully saturated rings. The maximum absolute atomic E-state index is 13.6. The molecule has 0 saturated carbocycles. The maximum atomic E-state index is 13.6. The number of phenolic OH excluding ortho intramolecular Hbond substituents is 2. The molecule has 15 nitrogen and oxygen atoms in total. The van der Waals surface area contributed by atoms with E-state index in [1.54, 1.807) is 6.92 Å². The normalized spacial score (nSPS) is 34.6. The van der Waals surface area contributed by atoms with Crippen LogP contribution in [0.1, 0.15) is 37.4 Å². The highest BCUT2D eigenvalue weighted by atomic mass is 16.8. The molecule has 2 aromatic carbocycles. The molecule has 2 heterocycles. The molecule has 3 aliphatic rings. The van der Waals surface area contributed by atoms with Crippen molar-refractivity contribution in [2.24, 2.45) is 0 Å². The van der Waals surface area contributed by atoms with Crippen LogP contribution < -0.4 is 4.74 Å². The van der Waals surface area contributed by atoms with Gasteiger partial charge in [-0.25, -0.2) is 0 Å². The highest BCUT2D eigenvalue weighted by Gasteiger charge is 2.51. The summed E-state index contributed by atoms with van der Waals surface area (Å²) in [6, 6.07) is 4.68. The van der Waals surface area contributed by atoms with Gasteiger partial charge in [-0.2, -0.15) is 0 Å². The largest absolute Gasteiger partial charge is 0.508 e. The van der Waals surface area contributed by atoms with Crippen molar-refractivity contribution >= 4 is 11.6 Å². The molecule has 0 amide bonds. The number of hydrogen-bond acceptors (Lipinski definition) is 15. The smallest absolute Gasteiger partial charge is 0.229 e. The van der Waals surface area contributed by atoms with Gasteiger partial charge >= 0.3 is 0 Å². The van der Waals surface area contributed by atoms with Crippen molar-refractivity contribution in [3.63, 3.8) is 0 Å². The van der Waals surface area contributed by atoms with Gasteiger partial charge in [0.15, 0.2) is 18.2 Å². The van der Waals surface area contributed by atoms with Gasteiger partial charge in [-0.15, -0.1) is 0 Å². The molecular formula is C27H30O15. The van der Waals surface area contributed by atoms with Crippen LogP contribution in [0.15, 0.2) is 24.3 Å². The lowest BCUT2D eigenvalue weighted by Crippen LogP contribution is -2.65. The van der Waals surface area contributed by atoms with Crippen molar-refractivity contribution in [1.82, 2.24) is 0 Å². The summed E-state index contributed by atoms with van der Waals surface area (Å²) in [5.74, 6) is -2.98. The topological polar surface area (TPSA) is 253 Å². The van der Waals surface area contributed by atoms with Gasteiger partial charge in [0.25, 0.3) is 0 Å². The van der Waals surface area contributed by atoms with Crippen LogP contribution in [0.25, 0.3) is 0 Å². The zero-order chi connectivity index (χ0) is 30.6. The molecule has 2 aromatic rings. The number of carbonyl (C=O) groups is 2. The molecule has 5 rings (SSSR count). The second-order valence-corrected chi connectivity index (χ2v) is 10.4. The van der Waals surface area contributed by atoms with E-state index < -0.39 is 103 Å². The zero-order valence-electron chi connectivity index (χ0n) is 22.0. The molecule has 1 aliphatic carbocycles.